The van der Waals surface area contributed by atoms with Crippen LogP contribution in [-0.4, -0.2) is 42.0 Å². The number of hydrogen-bond donors (Lipinski definition) is 2. The van der Waals surface area contributed by atoms with E-state index in [0.29, 0.717) is 29.8 Å². The number of nitrogens with two attached hydrogens (primary N) is 1. The lowest BCUT2D eigenvalue weighted by molar-refractivity contribution is 0.0342. The number of nitrogens with one attached hydrogen (secondary N) is 1. The first-order valence-electron chi connectivity index (χ1n) is 8.56. The molecule has 0 bridgehead atoms. The monoisotopic (exact) mass is 481 g/mol. The van der Waals surface area contributed by atoms with E-state index >= 15 is 0 Å². The molecule has 2 heterocycles. The van der Waals surface area contributed by atoms with Gasteiger partial charge in [0.1, 0.15) is 5.56 Å². The zero-order chi connectivity index (χ0) is 21.1. The highest BCUT2D eigenvalue weighted by Crippen LogP contribution is 2.33. The van der Waals surface area contributed by atoms with Crippen molar-refractivity contribution in [1.82, 2.24) is 9.78 Å². The Hall–Kier alpha value is -2.61. The Balaban J connectivity index is 1.98. The Morgan fingerprint density at radius 3 is 2.90 bits per heavy atom. The normalized spacial score (nSPS) is 18.7. The fourth-order valence-corrected chi connectivity index (χ4v) is 3.63. The summed E-state index contributed by atoms with van der Waals surface area (Å²) in [4.78, 5) is 23.9. The molecule has 1 aromatic carbocycles. The number of esters is 1. The summed E-state index contributed by atoms with van der Waals surface area (Å²) in [5.41, 5.74) is 6.23. The van der Waals surface area contributed by atoms with E-state index in [0.717, 1.165) is 0 Å². The Morgan fingerprint density at radius 2 is 2.24 bits per heavy atom. The topological polar surface area (TPSA) is 132 Å². The van der Waals surface area contributed by atoms with Crippen molar-refractivity contribution in [2.75, 3.05) is 25.6 Å². The Kier molecular flexibility index (Phi) is 6.42. The van der Waals surface area contributed by atoms with Gasteiger partial charge in [0.25, 0.3) is 5.91 Å². The number of nitriles is 1. The van der Waals surface area contributed by atoms with E-state index in [1.165, 1.54) is 24.1 Å². The molecule has 152 valence electrons. The molecule has 1 saturated heterocycles. The number of rotatable bonds is 5. The Morgan fingerprint density at radius 1 is 1.48 bits per heavy atom. The van der Waals surface area contributed by atoms with Crippen molar-refractivity contribution in [1.29, 1.82) is 5.26 Å². The molecule has 1 aromatic heterocycles. The van der Waals surface area contributed by atoms with Crippen LogP contribution in [0.4, 0.5) is 11.5 Å². The molecule has 0 radical (unpaired) electrons. The maximum Gasteiger partial charge on any atom is 0.339 e. The summed E-state index contributed by atoms with van der Waals surface area (Å²) >= 11 is 9.44. The van der Waals surface area contributed by atoms with E-state index in [9.17, 15) is 14.9 Å². The van der Waals surface area contributed by atoms with E-state index in [4.69, 9.17) is 26.8 Å². The van der Waals surface area contributed by atoms with Gasteiger partial charge in [0, 0.05) is 18.5 Å². The van der Waals surface area contributed by atoms with E-state index in [1.54, 1.807) is 6.07 Å². The summed E-state index contributed by atoms with van der Waals surface area (Å²) in [6, 6.07) is 4.97. The maximum absolute atomic E-state index is 12.0. The predicted molar refractivity (Wildman–Crippen MR) is 108 cm³/mol. The smallest absolute Gasteiger partial charge is 0.339 e. The number of methoxy groups -OCH3 is 1. The van der Waals surface area contributed by atoms with Crippen molar-refractivity contribution in [3.8, 4) is 6.07 Å². The van der Waals surface area contributed by atoms with Crippen LogP contribution in [0.2, 0.25) is 5.02 Å². The molecule has 11 heteroatoms. The first-order chi connectivity index (χ1) is 13.8. The Bertz CT molecular complexity index is 1000. The minimum atomic E-state index is -0.694. The number of aromatic nitrogens is 2. The molecule has 3 N–H and O–H groups in total. The maximum atomic E-state index is 12.0. The lowest BCUT2D eigenvalue weighted by atomic mass is 9.97. The van der Waals surface area contributed by atoms with Gasteiger partial charge in [0.15, 0.2) is 5.82 Å². The van der Waals surface area contributed by atoms with Crippen molar-refractivity contribution < 1.29 is 19.1 Å². The molecule has 2 aromatic rings. The van der Waals surface area contributed by atoms with Crippen LogP contribution in [0, 0.1) is 17.2 Å². The standard InChI is InChI=1S/C18H17BrClN5O4/c1-28-18(27)11-4-10(5-13(20)15(11)19)23-17-12(16(22)26)7-25(24-17)14-8-29-3-2-9(14)6-21/h4-5,7,9,14H,2-3,8H2,1H3,(H2,22,26)(H,23,24)/t9-,14+/m0/s1. The van der Waals surface area contributed by atoms with Crippen LogP contribution in [0.5, 0.6) is 0 Å². The highest BCUT2D eigenvalue weighted by Gasteiger charge is 2.29. The van der Waals surface area contributed by atoms with Gasteiger partial charge in [0.2, 0.25) is 0 Å². The highest BCUT2D eigenvalue weighted by atomic mass is 79.9. The number of carbonyl (C=O) groups is 2. The number of halogens is 2. The van der Waals surface area contributed by atoms with Gasteiger partial charge in [-0.3, -0.25) is 9.48 Å². The lowest BCUT2D eigenvalue weighted by Gasteiger charge is -2.26. The van der Waals surface area contributed by atoms with Crippen LogP contribution >= 0.6 is 27.5 Å². The van der Waals surface area contributed by atoms with Gasteiger partial charge in [-0.2, -0.15) is 10.4 Å². The molecular weight excluding hydrogens is 466 g/mol. The van der Waals surface area contributed by atoms with Gasteiger partial charge in [-0.25, -0.2) is 4.79 Å². The largest absolute Gasteiger partial charge is 0.465 e. The minimum Gasteiger partial charge on any atom is -0.465 e. The van der Waals surface area contributed by atoms with Crippen LogP contribution < -0.4 is 11.1 Å². The third-order valence-electron chi connectivity index (χ3n) is 4.53. The fraction of sp³-hybridized carbons (Fsp3) is 0.333. The molecule has 1 aliphatic rings. The number of anilines is 2. The molecule has 2 atom stereocenters. The third-order valence-corrected chi connectivity index (χ3v) is 5.91. The molecule has 0 spiro atoms. The van der Waals surface area contributed by atoms with Gasteiger partial charge < -0.3 is 20.5 Å². The second-order valence-electron chi connectivity index (χ2n) is 6.34. The number of nitrogens with zero attached hydrogens (tertiary/aromatic N) is 3. The quantitative estimate of drug-likeness (QED) is 0.626. The van der Waals surface area contributed by atoms with Crippen LogP contribution in [0.3, 0.4) is 0 Å². The summed E-state index contributed by atoms with van der Waals surface area (Å²) in [6.45, 7) is 0.797. The molecule has 9 nitrogen and oxygen atoms in total. The van der Waals surface area contributed by atoms with Crippen LogP contribution in [0.25, 0.3) is 0 Å². The van der Waals surface area contributed by atoms with E-state index in [-0.39, 0.29) is 33.9 Å². The third kappa shape index (κ3) is 4.37. The number of benzene rings is 1. The second-order valence-corrected chi connectivity index (χ2v) is 7.54. The predicted octanol–water partition coefficient (Wildman–Crippen LogP) is 3.03. The van der Waals surface area contributed by atoms with E-state index < -0.39 is 11.9 Å². The van der Waals surface area contributed by atoms with Crippen LogP contribution in [0.1, 0.15) is 33.2 Å². The minimum absolute atomic E-state index is 0.130. The summed E-state index contributed by atoms with van der Waals surface area (Å²) in [5.74, 6) is -1.40. The number of primary amides is 1. The highest BCUT2D eigenvalue weighted by molar-refractivity contribution is 9.10. The van der Waals surface area contributed by atoms with Crippen molar-refractivity contribution in [2.24, 2.45) is 11.7 Å². The van der Waals surface area contributed by atoms with Gasteiger partial charge in [0.05, 0.1) is 46.8 Å². The SMILES string of the molecule is COC(=O)c1cc(Nc2nn([C@@H]3COCC[C@H]3C#N)cc2C(N)=O)cc(Cl)c1Br. The molecule has 0 aliphatic carbocycles. The molecule has 3 rings (SSSR count). The molecule has 1 fully saturated rings. The van der Waals surface area contributed by atoms with Crippen molar-refractivity contribution in [2.45, 2.75) is 12.5 Å². The van der Waals surface area contributed by atoms with E-state index in [2.05, 4.69) is 32.4 Å². The Labute approximate surface area is 179 Å². The molecule has 1 aliphatic heterocycles. The molecule has 0 saturated carbocycles. The summed E-state index contributed by atoms with van der Waals surface area (Å²) in [5, 5.41) is 17.0. The molecule has 0 unspecified atom stereocenters. The molecular formula is C18H17BrClN5O4. The van der Waals surface area contributed by atoms with Gasteiger partial charge >= 0.3 is 5.97 Å². The molecule has 1 amide bonds. The number of ether oxygens (including phenoxy) is 2. The zero-order valence-corrected chi connectivity index (χ0v) is 17.7. The summed E-state index contributed by atoms with van der Waals surface area (Å²) in [7, 11) is 1.26. The lowest BCUT2D eigenvalue weighted by Crippen LogP contribution is -2.29. The first-order valence-corrected chi connectivity index (χ1v) is 9.73. The van der Waals surface area contributed by atoms with Gasteiger partial charge in [-0.15, -0.1) is 0 Å². The average molecular weight is 483 g/mol. The first kappa shape index (κ1) is 21.1. The number of carbonyl (C=O) groups excluding carboxylic acids is 2. The molecule has 29 heavy (non-hydrogen) atoms. The number of hydrogen-bond acceptors (Lipinski definition) is 7. The number of amides is 1. The van der Waals surface area contributed by atoms with Gasteiger partial charge in [-0.1, -0.05) is 11.6 Å². The average Bonchev–Trinajstić information content (AvgIpc) is 3.13. The van der Waals surface area contributed by atoms with Crippen LogP contribution in [0.15, 0.2) is 22.8 Å². The van der Waals surface area contributed by atoms with Crippen molar-refractivity contribution >= 4 is 50.9 Å². The van der Waals surface area contributed by atoms with Crippen molar-refractivity contribution in [3.05, 3.63) is 39.0 Å². The summed E-state index contributed by atoms with van der Waals surface area (Å²) in [6.07, 6.45) is 2.05. The van der Waals surface area contributed by atoms with Crippen LogP contribution in [-0.2, 0) is 9.47 Å². The zero-order valence-electron chi connectivity index (χ0n) is 15.3. The van der Waals surface area contributed by atoms with Gasteiger partial charge in [-0.05, 0) is 34.5 Å². The summed E-state index contributed by atoms with van der Waals surface area (Å²) < 4.78 is 12.1. The fourth-order valence-electron chi connectivity index (χ4n) is 3.02. The van der Waals surface area contributed by atoms with E-state index in [1.807, 2.05) is 0 Å². The second kappa shape index (κ2) is 8.82. The van der Waals surface area contributed by atoms with Crippen molar-refractivity contribution in [3.63, 3.8) is 0 Å².